The summed E-state index contributed by atoms with van der Waals surface area (Å²) in [5.74, 6) is -0.0595. The van der Waals surface area contributed by atoms with Gasteiger partial charge in [-0.1, -0.05) is 43.7 Å². The summed E-state index contributed by atoms with van der Waals surface area (Å²) in [4.78, 5) is 25.1. The molecule has 152 valence electrons. The number of carbonyl (C=O) groups excluding carboxylic acids is 1. The number of halogens is 1. The first-order valence-corrected chi connectivity index (χ1v) is 10.9. The highest BCUT2D eigenvalue weighted by Crippen LogP contribution is 2.39. The second kappa shape index (κ2) is 10.8. The summed E-state index contributed by atoms with van der Waals surface area (Å²) in [7, 11) is 1.57. The van der Waals surface area contributed by atoms with E-state index in [1.165, 1.54) is 4.90 Å². The third-order valence-electron chi connectivity index (χ3n) is 3.97. The van der Waals surface area contributed by atoms with Crippen molar-refractivity contribution in [2.45, 2.75) is 32.6 Å². The van der Waals surface area contributed by atoms with Gasteiger partial charge in [0.15, 0.2) is 11.5 Å². The molecule has 0 aromatic heterocycles. The van der Waals surface area contributed by atoms with Crippen molar-refractivity contribution in [3.8, 4) is 11.5 Å². The maximum absolute atomic E-state index is 12.5. The number of carbonyl (C=O) groups is 2. The zero-order chi connectivity index (χ0) is 20.7. The van der Waals surface area contributed by atoms with E-state index >= 15 is 0 Å². The van der Waals surface area contributed by atoms with Crippen LogP contribution in [0.3, 0.4) is 0 Å². The summed E-state index contributed by atoms with van der Waals surface area (Å²) in [6, 6.07) is 3.64. The van der Waals surface area contributed by atoms with E-state index in [1.54, 1.807) is 19.3 Å². The number of thiocarbonyl (C=S) groups is 1. The average Bonchev–Trinajstić information content (AvgIpc) is 2.91. The molecule has 0 aliphatic carbocycles. The lowest BCUT2D eigenvalue weighted by Crippen LogP contribution is -2.30. The normalized spacial score (nSPS) is 15.4. The summed E-state index contributed by atoms with van der Waals surface area (Å²) in [5.41, 5.74) is 0.753. The molecule has 1 aromatic rings. The number of rotatable bonds is 10. The number of ether oxygens (including phenoxy) is 2. The maximum atomic E-state index is 12.5. The smallest absolute Gasteiger partial charge is 0.305 e. The Kier molecular flexibility index (Phi) is 8.78. The van der Waals surface area contributed by atoms with E-state index in [4.69, 9.17) is 26.8 Å². The molecule has 1 heterocycles. The Morgan fingerprint density at radius 2 is 2.14 bits per heavy atom. The zero-order valence-corrected chi connectivity index (χ0v) is 18.9. The molecule has 6 nitrogen and oxygen atoms in total. The molecule has 0 atom stereocenters. The minimum Gasteiger partial charge on any atom is -0.493 e. The number of benzene rings is 1. The van der Waals surface area contributed by atoms with Gasteiger partial charge in [-0.05, 0) is 46.1 Å². The molecule has 1 fully saturated rings. The van der Waals surface area contributed by atoms with Crippen molar-refractivity contribution < 1.29 is 24.2 Å². The molecule has 0 spiro atoms. The van der Waals surface area contributed by atoms with Crippen LogP contribution in [0.25, 0.3) is 6.08 Å². The Hall–Kier alpha value is -1.58. The molecule has 9 heteroatoms. The summed E-state index contributed by atoms with van der Waals surface area (Å²) in [6.07, 6.45) is 4.75. The molecule has 1 aromatic carbocycles. The Bertz CT molecular complexity index is 797. The minimum absolute atomic E-state index is 0.0644. The highest BCUT2D eigenvalue weighted by molar-refractivity contribution is 9.10. The minimum atomic E-state index is -0.971. The molecule has 2 rings (SSSR count). The second-order valence-electron chi connectivity index (χ2n) is 6.07. The third-order valence-corrected chi connectivity index (χ3v) is 5.93. The number of methoxy groups -OCH3 is 1. The van der Waals surface area contributed by atoms with Gasteiger partial charge < -0.3 is 14.6 Å². The molecule has 0 unspecified atom stereocenters. The van der Waals surface area contributed by atoms with Crippen molar-refractivity contribution in [2.24, 2.45) is 0 Å². The van der Waals surface area contributed by atoms with E-state index in [0.717, 1.165) is 41.1 Å². The quantitative estimate of drug-likeness (QED) is 0.291. The van der Waals surface area contributed by atoms with Crippen molar-refractivity contribution >= 4 is 62.2 Å². The standard InChI is InChI=1S/C19H22BrNO5S2/c1-3-4-5-8-26-17-13(20)9-12(10-14(17)25-2)11-15-18(24)21(19(27)28-15)7-6-16(22)23/h9-11H,3-8H2,1-2H3,(H,22,23)/b15-11-. The fraction of sp³-hybridized carbons (Fsp3) is 0.421. The van der Waals surface area contributed by atoms with Gasteiger partial charge in [0.25, 0.3) is 5.91 Å². The zero-order valence-electron chi connectivity index (χ0n) is 15.7. The number of hydrogen-bond donors (Lipinski definition) is 1. The van der Waals surface area contributed by atoms with Gasteiger partial charge in [-0.2, -0.15) is 0 Å². The fourth-order valence-corrected chi connectivity index (χ4v) is 4.42. The van der Waals surface area contributed by atoms with Gasteiger partial charge in [0, 0.05) is 6.54 Å². The van der Waals surface area contributed by atoms with Crippen LogP contribution in [0.5, 0.6) is 11.5 Å². The van der Waals surface area contributed by atoms with Crippen LogP contribution < -0.4 is 9.47 Å². The molecular formula is C19H22BrNO5S2. The SMILES string of the molecule is CCCCCOc1c(Br)cc(/C=C2\SC(=S)N(CCC(=O)O)C2=O)cc1OC. The summed E-state index contributed by atoms with van der Waals surface area (Å²) in [5, 5.41) is 8.82. The lowest BCUT2D eigenvalue weighted by atomic mass is 10.1. The van der Waals surface area contributed by atoms with Gasteiger partial charge in [0.2, 0.25) is 0 Å². The number of carboxylic acids is 1. The van der Waals surface area contributed by atoms with Gasteiger partial charge >= 0.3 is 5.97 Å². The Balaban J connectivity index is 2.19. The molecule has 1 saturated heterocycles. The number of aliphatic carboxylic acids is 1. The number of unbranched alkanes of at least 4 members (excludes halogenated alkanes) is 2. The van der Waals surface area contributed by atoms with E-state index in [1.807, 2.05) is 6.07 Å². The Labute approximate surface area is 182 Å². The van der Waals surface area contributed by atoms with Crippen molar-refractivity contribution in [3.63, 3.8) is 0 Å². The van der Waals surface area contributed by atoms with Crippen molar-refractivity contribution in [1.82, 2.24) is 4.90 Å². The number of nitrogens with zero attached hydrogens (tertiary/aromatic N) is 1. The fourth-order valence-electron chi connectivity index (χ4n) is 2.54. The third kappa shape index (κ3) is 5.96. The first-order chi connectivity index (χ1) is 13.4. The molecule has 0 saturated carbocycles. The predicted molar refractivity (Wildman–Crippen MR) is 118 cm³/mol. The van der Waals surface area contributed by atoms with E-state index in [2.05, 4.69) is 22.9 Å². The van der Waals surface area contributed by atoms with Crippen molar-refractivity contribution in [1.29, 1.82) is 0 Å². The number of amides is 1. The number of hydrogen-bond acceptors (Lipinski definition) is 6. The van der Waals surface area contributed by atoms with Gasteiger partial charge in [0.05, 0.1) is 29.5 Å². The second-order valence-corrected chi connectivity index (χ2v) is 8.60. The van der Waals surface area contributed by atoms with Crippen LogP contribution in [0.4, 0.5) is 0 Å². The van der Waals surface area contributed by atoms with Crippen LogP contribution in [0, 0.1) is 0 Å². The molecule has 0 bridgehead atoms. The highest BCUT2D eigenvalue weighted by Gasteiger charge is 2.32. The van der Waals surface area contributed by atoms with Crippen molar-refractivity contribution in [2.75, 3.05) is 20.3 Å². The summed E-state index contributed by atoms with van der Waals surface area (Å²) < 4.78 is 12.4. The van der Waals surface area contributed by atoms with Crippen LogP contribution in [-0.2, 0) is 9.59 Å². The molecular weight excluding hydrogens is 466 g/mol. The van der Waals surface area contributed by atoms with E-state index in [-0.39, 0.29) is 18.9 Å². The van der Waals surface area contributed by atoms with Crippen LogP contribution in [0.1, 0.15) is 38.2 Å². The summed E-state index contributed by atoms with van der Waals surface area (Å²) in [6.45, 7) is 2.80. The molecule has 1 aliphatic rings. The topological polar surface area (TPSA) is 76.1 Å². The van der Waals surface area contributed by atoms with E-state index in [9.17, 15) is 9.59 Å². The van der Waals surface area contributed by atoms with Crippen LogP contribution in [0.15, 0.2) is 21.5 Å². The average molecular weight is 488 g/mol. The Morgan fingerprint density at radius 3 is 2.79 bits per heavy atom. The highest BCUT2D eigenvalue weighted by atomic mass is 79.9. The molecule has 1 amide bonds. The predicted octanol–water partition coefficient (Wildman–Crippen LogP) is 4.70. The van der Waals surface area contributed by atoms with Crippen LogP contribution in [-0.4, -0.2) is 46.5 Å². The molecule has 0 radical (unpaired) electrons. The largest absolute Gasteiger partial charge is 0.493 e. The van der Waals surface area contributed by atoms with E-state index < -0.39 is 5.97 Å². The molecule has 28 heavy (non-hydrogen) atoms. The lowest BCUT2D eigenvalue weighted by molar-refractivity contribution is -0.137. The summed E-state index contributed by atoms with van der Waals surface area (Å²) >= 11 is 9.88. The van der Waals surface area contributed by atoms with E-state index in [0.29, 0.717) is 27.3 Å². The maximum Gasteiger partial charge on any atom is 0.305 e. The van der Waals surface area contributed by atoms with Crippen LogP contribution in [0.2, 0.25) is 0 Å². The van der Waals surface area contributed by atoms with Crippen molar-refractivity contribution in [3.05, 3.63) is 27.1 Å². The van der Waals surface area contributed by atoms with Gasteiger partial charge in [0.1, 0.15) is 4.32 Å². The monoisotopic (exact) mass is 487 g/mol. The lowest BCUT2D eigenvalue weighted by Gasteiger charge is -2.14. The first-order valence-electron chi connectivity index (χ1n) is 8.84. The number of carboxylic acid groups (broad SMARTS) is 1. The van der Waals surface area contributed by atoms with Gasteiger partial charge in [-0.25, -0.2) is 0 Å². The molecule has 1 aliphatic heterocycles. The van der Waals surface area contributed by atoms with Crippen LogP contribution >= 0.6 is 39.9 Å². The first kappa shape index (κ1) is 22.7. The number of thioether (sulfide) groups is 1. The van der Waals surface area contributed by atoms with Gasteiger partial charge in [-0.3, -0.25) is 14.5 Å². The van der Waals surface area contributed by atoms with Gasteiger partial charge in [-0.15, -0.1) is 0 Å². The molecule has 1 N–H and O–H groups in total. The Morgan fingerprint density at radius 1 is 1.39 bits per heavy atom.